The zero-order chi connectivity index (χ0) is 22.4. The van der Waals surface area contributed by atoms with Crippen LogP contribution in [0, 0.1) is 0 Å². The van der Waals surface area contributed by atoms with E-state index in [9.17, 15) is 9.90 Å². The maximum Gasteiger partial charge on any atom is 0.299 e. The SMILES string of the molecule is CCCC(O)C1=CC=CC(Oc2nc(NC)c(C(=O)NC)n2Cc2cccc(Br)c2)C1. The summed E-state index contributed by atoms with van der Waals surface area (Å²) < 4.78 is 8.98. The number of aliphatic hydroxyl groups excluding tert-OH is 1. The van der Waals surface area contributed by atoms with Gasteiger partial charge >= 0.3 is 0 Å². The highest BCUT2D eigenvalue weighted by atomic mass is 79.9. The van der Waals surface area contributed by atoms with Crippen LogP contribution in [0.15, 0.2) is 52.5 Å². The fraction of sp³-hybridized carbons (Fsp3) is 0.391. The van der Waals surface area contributed by atoms with E-state index in [1.807, 2.05) is 42.5 Å². The van der Waals surface area contributed by atoms with Crippen LogP contribution in [0.2, 0.25) is 0 Å². The van der Waals surface area contributed by atoms with Gasteiger partial charge in [0.15, 0.2) is 11.5 Å². The van der Waals surface area contributed by atoms with Crippen LogP contribution in [0.5, 0.6) is 6.01 Å². The quantitative estimate of drug-likeness (QED) is 0.498. The van der Waals surface area contributed by atoms with Gasteiger partial charge in [-0.25, -0.2) is 0 Å². The lowest BCUT2D eigenvalue weighted by atomic mass is 9.95. The molecule has 1 heterocycles. The smallest absolute Gasteiger partial charge is 0.299 e. The molecule has 0 radical (unpaired) electrons. The molecule has 3 rings (SSSR count). The van der Waals surface area contributed by atoms with Crippen molar-refractivity contribution in [1.29, 1.82) is 0 Å². The van der Waals surface area contributed by atoms with Crippen LogP contribution < -0.4 is 15.4 Å². The van der Waals surface area contributed by atoms with Gasteiger partial charge in [-0.1, -0.05) is 53.6 Å². The molecule has 1 aliphatic rings. The molecular weight excluding hydrogens is 460 g/mol. The second-order valence-electron chi connectivity index (χ2n) is 7.43. The number of nitrogens with one attached hydrogen (secondary N) is 2. The first-order chi connectivity index (χ1) is 15.0. The van der Waals surface area contributed by atoms with E-state index in [1.54, 1.807) is 18.7 Å². The number of amides is 1. The Morgan fingerprint density at radius 3 is 2.90 bits per heavy atom. The molecule has 8 heteroatoms. The van der Waals surface area contributed by atoms with Gasteiger partial charge in [-0.05, 0) is 35.8 Å². The molecule has 7 nitrogen and oxygen atoms in total. The van der Waals surface area contributed by atoms with Crippen LogP contribution in [-0.4, -0.2) is 46.9 Å². The number of hydrogen-bond acceptors (Lipinski definition) is 5. The molecule has 2 unspecified atom stereocenters. The first-order valence-electron chi connectivity index (χ1n) is 10.4. The Balaban J connectivity index is 1.92. The van der Waals surface area contributed by atoms with Crippen molar-refractivity contribution >= 4 is 27.7 Å². The van der Waals surface area contributed by atoms with E-state index in [1.165, 1.54) is 0 Å². The predicted molar refractivity (Wildman–Crippen MR) is 126 cm³/mol. The van der Waals surface area contributed by atoms with Crippen LogP contribution in [0.25, 0.3) is 0 Å². The number of allylic oxidation sites excluding steroid dienone is 2. The van der Waals surface area contributed by atoms with Gasteiger partial charge in [-0.3, -0.25) is 9.36 Å². The summed E-state index contributed by atoms with van der Waals surface area (Å²) in [5, 5.41) is 16.1. The Morgan fingerprint density at radius 2 is 2.23 bits per heavy atom. The second-order valence-corrected chi connectivity index (χ2v) is 8.34. The lowest BCUT2D eigenvalue weighted by Crippen LogP contribution is -2.25. The van der Waals surface area contributed by atoms with E-state index in [0.717, 1.165) is 22.0 Å². The Hall–Kier alpha value is -2.58. The van der Waals surface area contributed by atoms with E-state index in [-0.39, 0.29) is 12.0 Å². The van der Waals surface area contributed by atoms with E-state index >= 15 is 0 Å². The fourth-order valence-corrected chi connectivity index (χ4v) is 4.05. The lowest BCUT2D eigenvalue weighted by Gasteiger charge is -2.23. The lowest BCUT2D eigenvalue weighted by molar-refractivity contribution is 0.0952. The summed E-state index contributed by atoms with van der Waals surface area (Å²) in [6, 6.07) is 8.24. The van der Waals surface area contributed by atoms with Crippen molar-refractivity contribution in [2.75, 3.05) is 19.4 Å². The molecule has 2 aromatic rings. The van der Waals surface area contributed by atoms with Gasteiger partial charge in [0.2, 0.25) is 0 Å². The normalized spacial score (nSPS) is 16.5. The van der Waals surface area contributed by atoms with Gasteiger partial charge < -0.3 is 20.5 Å². The monoisotopic (exact) mass is 488 g/mol. The summed E-state index contributed by atoms with van der Waals surface area (Å²) in [6.07, 6.45) is 7.24. The maximum atomic E-state index is 12.7. The molecule has 2 atom stereocenters. The van der Waals surface area contributed by atoms with Crippen LogP contribution in [0.3, 0.4) is 0 Å². The molecule has 0 bridgehead atoms. The minimum Gasteiger partial charge on any atom is -0.457 e. The Labute approximate surface area is 191 Å². The maximum absolute atomic E-state index is 12.7. The van der Waals surface area contributed by atoms with Crippen molar-refractivity contribution in [2.45, 2.75) is 44.9 Å². The third kappa shape index (κ3) is 5.57. The van der Waals surface area contributed by atoms with Gasteiger partial charge in [0.25, 0.3) is 11.9 Å². The summed E-state index contributed by atoms with van der Waals surface area (Å²) in [6.45, 7) is 2.47. The molecule has 1 amide bonds. The number of carbonyl (C=O) groups is 1. The summed E-state index contributed by atoms with van der Waals surface area (Å²) >= 11 is 3.50. The standard InChI is InChI=1S/C23H29BrN4O3/c1-4-7-19(29)16-9-6-11-18(13-16)31-23-27-21(25-2)20(22(30)26-3)28(23)14-15-8-5-10-17(24)12-15/h5-6,8-12,18-19,25,29H,4,7,13-14H2,1-3H3,(H,26,30). The van der Waals surface area contributed by atoms with E-state index in [0.29, 0.717) is 36.9 Å². The predicted octanol–water partition coefficient (Wildman–Crippen LogP) is 3.89. The zero-order valence-corrected chi connectivity index (χ0v) is 19.6. The van der Waals surface area contributed by atoms with E-state index in [2.05, 4.69) is 38.5 Å². The number of rotatable bonds is 9. The van der Waals surface area contributed by atoms with Crippen molar-refractivity contribution in [1.82, 2.24) is 14.9 Å². The van der Waals surface area contributed by atoms with E-state index in [4.69, 9.17) is 4.74 Å². The summed E-state index contributed by atoms with van der Waals surface area (Å²) in [5.41, 5.74) is 2.35. The Morgan fingerprint density at radius 1 is 1.42 bits per heavy atom. The zero-order valence-electron chi connectivity index (χ0n) is 18.1. The number of imidazole rings is 1. The molecule has 0 spiro atoms. The number of benzene rings is 1. The van der Waals surface area contributed by atoms with Crippen LogP contribution in [0.1, 0.15) is 42.2 Å². The summed E-state index contributed by atoms with van der Waals surface area (Å²) in [7, 11) is 3.32. The molecule has 1 aromatic heterocycles. The number of halogens is 1. The van der Waals surface area contributed by atoms with Crippen LogP contribution in [0.4, 0.5) is 5.82 Å². The van der Waals surface area contributed by atoms with Gasteiger partial charge in [-0.15, -0.1) is 0 Å². The number of aliphatic hydroxyl groups is 1. The molecule has 31 heavy (non-hydrogen) atoms. The highest BCUT2D eigenvalue weighted by molar-refractivity contribution is 9.10. The first kappa shape index (κ1) is 23.1. The molecule has 166 valence electrons. The number of aromatic nitrogens is 2. The molecule has 3 N–H and O–H groups in total. The number of carbonyl (C=O) groups excluding carboxylic acids is 1. The minimum atomic E-state index is -0.475. The van der Waals surface area contributed by atoms with Crippen molar-refractivity contribution in [2.24, 2.45) is 0 Å². The number of ether oxygens (including phenoxy) is 1. The summed E-state index contributed by atoms with van der Waals surface area (Å²) in [4.78, 5) is 17.2. The van der Waals surface area contributed by atoms with Crippen molar-refractivity contribution in [3.63, 3.8) is 0 Å². The minimum absolute atomic E-state index is 0.250. The molecule has 1 aromatic carbocycles. The topological polar surface area (TPSA) is 88.4 Å². The number of hydrogen-bond donors (Lipinski definition) is 3. The Kier molecular flexibility index (Phi) is 7.92. The molecule has 0 saturated carbocycles. The van der Waals surface area contributed by atoms with Crippen molar-refractivity contribution < 1.29 is 14.6 Å². The fourth-order valence-electron chi connectivity index (χ4n) is 3.60. The third-order valence-corrected chi connectivity index (χ3v) is 5.65. The van der Waals surface area contributed by atoms with Crippen molar-refractivity contribution in [3.05, 3.63) is 63.8 Å². The van der Waals surface area contributed by atoms with E-state index < -0.39 is 6.10 Å². The third-order valence-electron chi connectivity index (χ3n) is 5.16. The van der Waals surface area contributed by atoms with Gasteiger partial charge in [-0.2, -0.15) is 4.98 Å². The Bertz CT molecular complexity index is 983. The van der Waals surface area contributed by atoms with Gasteiger partial charge in [0.05, 0.1) is 12.6 Å². The van der Waals surface area contributed by atoms with Crippen LogP contribution in [-0.2, 0) is 6.54 Å². The first-order valence-corrected chi connectivity index (χ1v) is 11.2. The molecule has 0 aliphatic heterocycles. The number of anilines is 1. The summed E-state index contributed by atoms with van der Waals surface area (Å²) in [5.74, 6) is 0.200. The molecule has 1 aliphatic carbocycles. The molecular formula is C23H29BrN4O3. The molecule has 0 saturated heterocycles. The van der Waals surface area contributed by atoms with Gasteiger partial charge in [0.1, 0.15) is 6.10 Å². The van der Waals surface area contributed by atoms with Crippen LogP contribution >= 0.6 is 15.9 Å². The second kappa shape index (κ2) is 10.6. The average Bonchev–Trinajstić information content (AvgIpc) is 3.10. The van der Waals surface area contributed by atoms with Crippen molar-refractivity contribution in [3.8, 4) is 6.01 Å². The highest BCUT2D eigenvalue weighted by Crippen LogP contribution is 2.28. The number of nitrogens with zero attached hydrogens (tertiary/aromatic N) is 2. The largest absolute Gasteiger partial charge is 0.457 e. The highest BCUT2D eigenvalue weighted by Gasteiger charge is 2.26. The molecule has 0 fully saturated rings. The van der Waals surface area contributed by atoms with Gasteiger partial charge in [0, 0.05) is 25.0 Å². The average molecular weight is 489 g/mol.